The highest BCUT2D eigenvalue weighted by Gasteiger charge is 2.58. The number of hydrogen-bond donors (Lipinski definition) is 3. The summed E-state index contributed by atoms with van der Waals surface area (Å²) in [6, 6.07) is 4.93. The Morgan fingerprint density at radius 1 is 1.25 bits per heavy atom. The molecule has 2 amide bonds. The molecule has 3 fully saturated rings. The molecule has 3 aliphatic rings. The summed E-state index contributed by atoms with van der Waals surface area (Å²) in [6.07, 6.45) is -1.87. The smallest absolute Gasteiger partial charge is 0.330 e. The number of halogens is 3. The molecule has 2 aliphatic heterocycles. The average Bonchev–Trinajstić information content (AvgIpc) is 3.43. The highest BCUT2D eigenvalue weighted by Crippen LogP contribution is 2.56. The first-order valence-electron chi connectivity index (χ1n) is 12.2. The fraction of sp³-hybridized carbons (Fsp3) is 0.542. The Bertz CT molecular complexity index is 1190. The summed E-state index contributed by atoms with van der Waals surface area (Å²) in [6.45, 7) is 5.28. The predicted octanol–water partition coefficient (Wildman–Crippen LogP) is 1.51. The van der Waals surface area contributed by atoms with Crippen LogP contribution in [0.3, 0.4) is 0 Å². The molecule has 36 heavy (non-hydrogen) atoms. The van der Waals surface area contributed by atoms with Crippen LogP contribution in [0.15, 0.2) is 35.3 Å². The lowest BCUT2D eigenvalue weighted by atomic mass is 10.0. The maximum atomic E-state index is 13.9. The molecule has 2 saturated heterocycles. The van der Waals surface area contributed by atoms with Gasteiger partial charge in [-0.3, -0.25) is 9.88 Å². The second-order valence-corrected chi connectivity index (χ2v) is 9.92. The number of likely N-dealkylation sites (tertiary alicyclic amines) is 1. The maximum absolute atomic E-state index is 13.9. The molecule has 0 radical (unpaired) electrons. The third-order valence-electron chi connectivity index (χ3n) is 7.60. The summed E-state index contributed by atoms with van der Waals surface area (Å²) >= 11 is 0. The Morgan fingerprint density at radius 3 is 2.69 bits per heavy atom. The molecule has 2 unspecified atom stereocenters. The summed E-state index contributed by atoms with van der Waals surface area (Å²) in [5, 5.41) is 5.71. The van der Waals surface area contributed by atoms with Gasteiger partial charge >= 0.3 is 17.9 Å². The molecular weight excluding hydrogens is 475 g/mol. The summed E-state index contributed by atoms with van der Waals surface area (Å²) in [5.74, 6) is 0.613. The maximum Gasteiger partial charge on any atom is 0.416 e. The molecule has 9 nitrogen and oxygen atoms in total. The van der Waals surface area contributed by atoms with Crippen LogP contribution < -0.4 is 22.1 Å². The Labute approximate surface area is 206 Å². The van der Waals surface area contributed by atoms with E-state index in [1.165, 1.54) is 24.4 Å². The van der Waals surface area contributed by atoms with Crippen molar-refractivity contribution in [2.75, 3.05) is 57.7 Å². The lowest BCUT2D eigenvalue weighted by Crippen LogP contribution is -2.48. The number of carbonyl (C=O) groups excluding carboxylic acids is 1. The number of piperidine rings is 1. The number of anilines is 1. The summed E-state index contributed by atoms with van der Waals surface area (Å²) in [4.78, 5) is 32.6. The minimum atomic E-state index is -4.56. The van der Waals surface area contributed by atoms with Crippen LogP contribution in [0.5, 0.6) is 0 Å². The molecule has 0 bridgehead atoms. The highest BCUT2D eigenvalue weighted by molar-refractivity contribution is 5.88. The quantitative estimate of drug-likeness (QED) is 0.550. The number of aromatic nitrogens is 2. The molecule has 1 aliphatic carbocycles. The SMILES string of the molecule is NCC12CC1CN(CCc1ccc(-n3ccc(NC(=O)N4CCNCC4)nc3=O)cc1C(F)(F)F)C2. The van der Waals surface area contributed by atoms with E-state index >= 15 is 0 Å². The van der Waals surface area contributed by atoms with Crippen molar-refractivity contribution in [3.05, 3.63) is 52.1 Å². The van der Waals surface area contributed by atoms with Crippen molar-refractivity contribution in [2.24, 2.45) is 17.1 Å². The Kier molecular flexibility index (Phi) is 6.52. The largest absolute Gasteiger partial charge is 0.416 e. The van der Waals surface area contributed by atoms with Gasteiger partial charge in [-0.2, -0.15) is 18.2 Å². The van der Waals surface area contributed by atoms with Crippen molar-refractivity contribution < 1.29 is 18.0 Å². The number of hydrogen-bond acceptors (Lipinski definition) is 6. The summed E-state index contributed by atoms with van der Waals surface area (Å²) in [5.41, 5.74) is 4.76. The van der Waals surface area contributed by atoms with E-state index in [1.807, 2.05) is 0 Å². The average molecular weight is 506 g/mol. The minimum absolute atomic E-state index is 0.0476. The fourth-order valence-electron chi connectivity index (χ4n) is 5.39. The number of amides is 2. The van der Waals surface area contributed by atoms with Crippen LogP contribution in [0.4, 0.5) is 23.8 Å². The number of carbonyl (C=O) groups is 1. The van der Waals surface area contributed by atoms with Gasteiger partial charge in [-0.25, -0.2) is 9.59 Å². The molecule has 2 aromatic rings. The molecule has 4 N–H and O–H groups in total. The second kappa shape index (κ2) is 9.49. The third-order valence-corrected chi connectivity index (χ3v) is 7.60. The van der Waals surface area contributed by atoms with Gasteiger partial charge in [0.25, 0.3) is 0 Å². The lowest BCUT2D eigenvalue weighted by Gasteiger charge is -2.27. The van der Waals surface area contributed by atoms with Gasteiger partial charge in [-0.15, -0.1) is 0 Å². The van der Waals surface area contributed by atoms with Gasteiger partial charge in [0, 0.05) is 52.0 Å². The van der Waals surface area contributed by atoms with Gasteiger partial charge in [-0.05, 0) is 54.5 Å². The van der Waals surface area contributed by atoms with Crippen molar-refractivity contribution in [3.63, 3.8) is 0 Å². The van der Waals surface area contributed by atoms with E-state index in [1.54, 1.807) is 4.90 Å². The van der Waals surface area contributed by atoms with Crippen molar-refractivity contribution in [2.45, 2.75) is 19.0 Å². The fourth-order valence-corrected chi connectivity index (χ4v) is 5.39. The first kappa shape index (κ1) is 24.7. The zero-order valence-electron chi connectivity index (χ0n) is 19.9. The number of fused-ring (bicyclic) bond motifs is 1. The van der Waals surface area contributed by atoms with Gasteiger partial charge in [0.15, 0.2) is 0 Å². The van der Waals surface area contributed by atoms with E-state index in [0.717, 1.165) is 30.1 Å². The van der Waals surface area contributed by atoms with Gasteiger partial charge < -0.3 is 20.9 Å². The van der Waals surface area contributed by atoms with Gasteiger partial charge in [0.05, 0.1) is 11.3 Å². The number of nitrogens with two attached hydrogens (primary N) is 1. The Morgan fingerprint density at radius 2 is 2.03 bits per heavy atom. The summed E-state index contributed by atoms with van der Waals surface area (Å²) < 4.78 is 42.8. The molecule has 194 valence electrons. The number of piperazine rings is 1. The molecule has 3 heterocycles. The second-order valence-electron chi connectivity index (χ2n) is 9.92. The van der Waals surface area contributed by atoms with E-state index < -0.39 is 17.4 Å². The van der Waals surface area contributed by atoms with Crippen LogP contribution >= 0.6 is 0 Å². The van der Waals surface area contributed by atoms with Crippen molar-refractivity contribution in [1.29, 1.82) is 0 Å². The van der Waals surface area contributed by atoms with Crippen molar-refractivity contribution in [3.8, 4) is 5.69 Å². The molecule has 12 heteroatoms. The van der Waals surface area contributed by atoms with Crippen LogP contribution in [-0.2, 0) is 12.6 Å². The predicted molar refractivity (Wildman–Crippen MR) is 128 cm³/mol. The van der Waals surface area contributed by atoms with Crippen LogP contribution in [0, 0.1) is 11.3 Å². The first-order chi connectivity index (χ1) is 17.2. The van der Waals surface area contributed by atoms with E-state index in [2.05, 4.69) is 20.5 Å². The topological polar surface area (TPSA) is 109 Å². The highest BCUT2D eigenvalue weighted by atomic mass is 19.4. The molecule has 2 atom stereocenters. The van der Waals surface area contributed by atoms with Crippen molar-refractivity contribution >= 4 is 11.8 Å². The van der Waals surface area contributed by atoms with E-state index in [9.17, 15) is 22.8 Å². The monoisotopic (exact) mass is 505 g/mol. The lowest BCUT2D eigenvalue weighted by molar-refractivity contribution is -0.138. The molecule has 1 saturated carbocycles. The number of nitrogens with zero attached hydrogens (tertiary/aromatic N) is 4. The molecular formula is C24H30F3N7O2. The zero-order valence-corrected chi connectivity index (χ0v) is 19.9. The number of alkyl halides is 3. The van der Waals surface area contributed by atoms with E-state index in [4.69, 9.17) is 5.73 Å². The van der Waals surface area contributed by atoms with E-state index in [-0.39, 0.29) is 34.9 Å². The normalized spacial score (nSPS) is 24.0. The first-order valence-corrected chi connectivity index (χ1v) is 12.2. The van der Waals surface area contributed by atoms with Crippen LogP contribution in [0.25, 0.3) is 5.69 Å². The molecule has 1 aromatic heterocycles. The zero-order chi connectivity index (χ0) is 25.5. The summed E-state index contributed by atoms with van der Waals surface area (Å²) in [7, 11) is 0. The van der Waals surface area contributed by atoms with Crippen LogP contribution in [0.1, 0.15) is 17.5 Å². The van der Waals surface area contributed by atoms with E-state index in [0.29, 0.717) is 45.2 Å². The van der Waals surface area contributed by atoms with Crippen LogP contribution in [0.2, 0.25) is 0 Å². The number of urea groups is 1. The van der Waals surface area contributed by atoms with Gasteiger partial charge in [-0.1, -0.05) is 6.07 Å². The number of rotatable bonds is 6. The molecule has 1 aromatic carbocycles. The number of nitrogens with one attached hydrogen (secondary N) is 2. The molecule has 5 rings (SSSR count). The Balaban J connectivity index is 1.30. The van der Waals surface area contributed by atoms with Gasteiger partial charge in [0.1, 0.15) is 5.82 Å². The third kappa shape index (κ3) is 4.97. The number of benzene rings is 1. The standard InChI is InChI=1S/C24H30F3N7O2/c25-24(26,27)19-11-18(2-1-16(19)3-7-32-13-17-12-23(17,14-28)15-32)34-8-4-20(31-22(34)36)30-21(35)33-9-5-29-6-10-33/h1-2,4,8,11,17,29H,3,5-7,9-10,12-15,28H2,(H,30,31,35,36). The minimum Gasteiger partial charge on any atom is -0.330 e. The van der Waals surface area contributed by atoms with Crippen molar-refractivity contribution in [1.82, 2.24) is 24.7 Å². The van der Waals surface area contributed by atoms with Gasteiger partial charge in [0.2, 0.25) is 0 Å². The molecule has 0 spiro atoms. The van der Waals surface area contributed by atoms with Crippen LogP contribution in [-0.4, -0.2) is 77.7 Å². The Hall–Kier alpha value is -2.96.